The molecule has 0 atom stereocenters. The van der Waals surface area contributed by atoms with E-state index in [1.807, 2.05) is 0 Å². The molecule has 0 unspecified atom stereocenters. The molecule has 0 N–H and O–H groups in total. The summed E-state index contributed by atoms with van der Waals surface area (Å²) in [4.78, 5) is 0. The lowest BCUT2D eigenvalue weighted by Crippen LogP contribution is -1.92. The smallest absolute Gasteiger partial charge is 0.00735 e. The third-order valence-electron chi connectivity index (χ3n) is 4.44. The van der Waals surface area contributed by atoms with Gasteiger partial charge in [-0.15, -0.1) is 0 Å². The molecule has 0 radical (unpaired) electrons. The van der Waals surface area contributed by atoms with Crippen molar-refractivity contribution in [2.45, 2.75) is 27.7 Å². The van der Waals surface area contributed by atoms with Gasteiger partial charge in [0.05, 0.1) is 0 Å². The van der Waals surface area contributed by atoms with E-state index in [0.717, 1.165) is 0 Å². The molecular weight excluding hydrogens is 264 g/mol. The van der Waals surface area contributed by atoms with Gasteiger partial charge in [-0.25, -0.2) is 0 Å². The zero-order valence-electron chi connectivity index (χ0n) is 13.8. The summed E-state index contributed by atoms with van der Waals surface area (Å²) >= 11 is 0. The Labute approximate surface area is 133 Å². The highest BCUT2D eigenvalue weighted by Crippen LogP contribution is 2.36. The quantitative estimate of drug-likeness (QED) is 0.522. The van der Waals surface area contributed by atoms with Gasteiger partial charge in [0.1, 0.15) is 0 Å². The SMILES string of the molecule is Cc1ccc(-c2ccc(C)c(C)c2-c2ccc(C)cc2)cc1. The fourth-order valence-electron chi connectivity index (χ4n) is 2.88. The summed E-state index contributed by atoms with van der Waals surface area (Å²) in [5.74, 6) is 0. The minimum atomic E-state index is 1.28. The van der Waals surface area contributed by atoms with Crippen LogP contribution in [0.5, 0.6) is 0 Å². The van der Waals surface area contributed by atoms with Crippen LogP contribution in [-0.2, 0) is 0 Å². The molecular formula is C22H22. The zero-order chi connectivity index (χ0) is 15.7. The zero-order valence-corrected chi connectivity index (χ0v) is 13.8. The van der Waals surface area contributed by atoms with E-state index in [1.165, 1.54) is 44.5 Å². The van der Waals surface area contributed by atoms with E-state index >= 15 is 0 Å². The molecule has 3 rings (SSSR count). The monoisotopic (exact) mass is 286 g/mol. The molecule has 3 aromatic carbocycles. The minimum absolute atomic E-state index is 1.28. The summed E-state index contributed by atoms with van der Waals surface area (Å²) in [7, 11) is 0. The van der Waals surface area contributed by atoms with Crippen LogP contribution < -0.4 is 0 Å². The van der Waals surface area contributed by atoms with Crippen LogP contribution in [-0.4, -0.2) is 0 Å². The van der Waals surface area contributed by atoms with Gasteiger partial charge in [0.2, 0.25) is 0 Å². The van der Waals surface area contributed by atoms with Crippen LogP contribution >= 0.6 is 0 Å². The van der Waals surface area contributed by atoms with Gasteiger partial charge in [-0.2, -0.15) is 0 Å². The average molecular weight is 286 g/mol. The topological polar surface area (TPSA) is 0 Å². The molecule has 0 spiro atoms. The van der Waals surface area contributed by atoms with Gasteiger partial charge in [-0.3, -0.25) is 0 Å². The first kappa shape index (κ1) is 14.6. The molecule has 0 heteroatoms. The van der Waals surface area contributed by atoms with Crippen molar-refractivity contribution in [3.05, 3.63) is 82.9 Å². The van der Waals surface area contributed by atoms with Gasteiger partial charge in [-0.1, -0.05) is 71.8 Å². The Morgan fingerprint density at radius 2 is 1.00 bits per heavy atom. The van der Waals surface area contributed by atoms with Crippen molar-refractivity contribution in [2.75, 3.05) is 0 Å². The Kier molecular flexibility index (Phi) is 3.85. The number of aryl methyl sites for hydroxylation is 3. The predicted octanol–water partition coefficient (Wildman–Crippen LogP) is 6.25. The largest absolute Gasteiger partial charge is 0.0587 e. The normalized spacial score (nSPS) is 10.7. The van der Waals surface area contributed by atoms with Crippen molar-refractivity contribution in [1.29, 1.82) is 0 Å². The van der Waals surface area contributed by atoms with Crippen molar-refractivity contribution in [2.24, 2.45) is 0 Å². The van der Waals surface area contributed by atoms with Crippen molar-refractivity contribution in [1.82, 2.24) is 0 Å². The maximum atomic E-state index is 2.25. The number of benzene rings is 3. The molecule has 0 amide bonds. The number of rotatable bonds is 2. The van der Waals surface area contributed by atoms with Crippen molar-refractivity contribution >= 4 is 0 Å². The highest BCUT2D eigenvalue weighted by atomic mass is 14.2. The van der Waals surface area contributed by atoms with E-state index in [4.69, 9.17) is 0 Å². The Bertz CT molecular complexity index is 791. The second-order valence-electron chi connectivity index (χ2n) is 6.16. The third-order valence-corrected chi connectivity index (χ3v) is 4.44. The lowest BCUT2D eigenvalue weighted by Gasteiger charge is -2.16. The summed E-state index contributed by atoms with van der Waals surface area (Å²) < 4.78 is 0. The number of hydrogen-bond donors (Lipinski definition) is 0. The van der Waals surface area contributed by atoms with Crippen LogP contribution in [0.2, 0.25) is 0 Å². The molecule has 22 heavy (non-hydrogen) atoms. The molecule has 0 aromatic heterocycles. The Hall–Kier alpha value is -2.34. The van der Waals surface area contributed by atoms with Crippen molar-refractivity contribution in [3.8, 4) is 22.3 Å². The first-order chi connectivity index (χ1) is 10.6. The molecule has 3 aromatic rings. The standard InChI is InChI=1S/C22H22/c1-15-5-10-19(11-6-15)21-14-9-17(3)18(4)22(21)20-12-7-16(2)8-13-20/h5-14H,1-4H3. The predicted molar refractivity (Wildman–Crippen MR) is 96.3 cm³/mol. The first-order valence-electron chi connectivity index (χ1n) is 7.80. The fourth-order valence-corrected chi connectivity index (χ4v) is 2.88. The molecule has 0 aliphatic rings. The molecule has 0 fully saturated rings. The van der Waals surface area contributed by atoms with E-state index in [1.54, 1.807) is 0 Å². The van der Waals surface area contributed by atoms with Crippen LogP contribution in [0, 0.1) is 27.7 Å². The Morgan fingerprint density at radius 3 is 1.55 bits per heavy atom. The molecule has 0 saturated carbocycles. The van der Waals surface area contributed by atoms with Crippen LogP contribution in [0.25, 0.3) is 22.3 Å². The molecule has 0 aliphatic heterocycles. The van der Waals surface area contributed by atoms with E-state index < -0.39 is 0 Å². The van der Waals surface area contributed by atoms with Crippen LogP contribution in [0.1, 0.15) is 22.3 Å². The van der Waals surface area contributed by atoms with E-state index in [-0.39, 0.29) is 0 Å². The highest BCUT2D eigenvalue weighted by molar-refractivity contribution is 5.86. The van der Waals surface area contributed by atoms with Gasteiger partial charge in [-0.05, 0) is 61.1 Å². The summed E-state index contributed by atoms with van der Waals surface area (Å²) in [6, 6.07) is 22.1. The van der Waals surface area contributed by atoms with Gasteiger partial charge < -0.3 is 0 Å². The molecule has 110 valence electrons. The molecule has 0 bridgehead atoms. The Morgan fingerprint density at radius 1 is 0.500 bits per heavy atom. The van der Waals surface area contributed by atoms with Crippen molar-refractivity contribution < 1.29 is 0 Å². The summed E-state index contributed by atoms with van der Waals surface area (Å²) in [6.07, 6.45) is 0. The average Bonchev–Trinajstić information content (AvgIpc) is 2.52. The van der Waals surface area contributed by atoms with E-state index in [9.17, 15) is 0 Å². The summed E-state index contributed by atoms with van der Waals surface area (Å²) in [5.41, 5.74) is 10.5. The number of hydrogen-bond acceptors (Lipinski definition) is 0. The maximum absolute atomic E-state index is 2.25. The van der Waals surface area contributed by atoms with E-state index in [2.05, 4.69) is 88.4 Å². The fraction of sp³-hybridized carbons (Fsp3) is 0.182. The van der Waals surface area contributed by atoms with Crippen LogP contribution in [0.4, 0.5) is 0 Å². The molecule has 0 saturated heterocycles. The lowest BCUT2D eigenvalue weighted by atomic mass is 9.88. The highest BCUT2D eigenvalue weighted by Gasteiger charge is 2.12. The second-order valence-corrected chi connectivity index (χ2v) is 6.16. The van der Waals surface area contributed by atoms with Gasteiger partial charge in [0, 0.05) is 0 Å². The van der Waals surface area contributed by atoms with Crippen LogP contribution in [0.15, 0.2) is 60.7 Å². The molecule has 0 nitrogen and oxygen atoms in total. The van der Waals surface area contributed by atoms with Gasteiger partial charge >= 0.3 is 0 Å². The van der Waals surface area contributed by atoms with Crippen LogP contribution in [0.3, 0.4) is 0 Å². The van der Waals surface area contributed by atoms with Crippen molar-refractivity contribution in [3.63, 3.8) is 0 Å². The van der Waals surface area contributed by atoms with Gasteiger partial charge in [0.15, 0.2) is 0 Å². The lowest BCUT2D eigenvalue weighted by molar-refractivity contribution is 1.33. The maximum Gasteiger partial charge on any atom is -0.00735 e. The molecule has 0 aliphatic carbocycles. The second kappa shape index (κ2) is 5.81. The van der Waals surface area contributed by atoms with E-state index in [0.29, 0.717) is 0 Å². The molecule has 0 heterocycles. The third kappa shape index (κ3) is 2.69. The minimum Gasteiger partial charge on any atom is -0.0587 e. The Balaban J connectivity index is 2.25. The first-order valence-corrected chi connectivity index (χ1v) is 7.80. The summed E-state index contributed by atoms with van der Waals surface area (Å²) in [5, 5.41) is 0. The summed E-state index contributed by atoms with van der Waals surface area (Å²) in [6.45, 7) is 8.67. The van der Waals surface area contributed by atoms with Gasteiger partial charge in [0.25, 0.3) is 0 Å².